The van der Waals surface area contributed by atoms with E-state index in [2.05, 4.69) is 10.4 Å². The summed E-state index contributed by atoms with van der Waals surface area (Å²) in [5, 5.41) is 15.7. The van der Waals surface area contributed by atoms with E-state index in [4.69, 9.17) is 4.74 Å². The molecule has 1 aromatic carbocycles. The summed E-state index contributed by atoms with van der Waals surface area (Å²) in [5.74, 6) is -1.31. The first-order valence-electron chi connectivity index (χ1n) is 9.20. The molecule has 0 spiro atoms. The van der Waals surface area contributed by atoms with Crippen LogP contribution in [0.25, 0.3) is 0 Å². The van der Waals surface area contributed by atoms with Gasteiger partial charge in [-0.15, -0.1) is 0 Å². The molecule has 2 N–H and O–H groups in total. The first-order valence-corrected chi connectivity index (χ1v) is 11.0. The number of hydrogen-bond donors (Lipinski definition) is 2. The summed E-state index contributed by atoms with van der Waals surface area (Å²) in [6.45, 7) is 0.983. The van der Waals surface area contributed by atoms with Crippen molar-refractivity contribution in [2.24, 2.45) is 0 Å². The topological polar surface area (TPSA) is 114 Å². The number of fused-ring (bicyclic) bond motifs is 1. The molecule has 12 heteroatoms. The van der Waals surface area contributed by atoms with Crippen LogP contribution in [0.15, 0.2) is 24.4 Å². The zero-order chi connectivity index (χ0) is 21.6. The van der Waals surface area contributed by atoms with E-state index in [1.54, 1.807) is 0 Å². The van der Waals surface area contributed by atoms with Crippen LogP contribution < -0.4 is 5.32 Å². The van der Waals surface area contributed by atoms with Crippen LogP contribution in [0.5, 0.6) is 0 Å². The maximum atomic E-state index is 14.2. The van der Waals surface area contributed by atoms with Gasteiger partial charge in [-0.1, -0.05) is 0 Å². The monoisotopic (exact) mass is 442 g/mol. The Morgan fingerprint density at radius 2 is 2.10 bits per heavy atom. The molecule has 30 heavy (non-hydrogen) atoms. The summed E-state index contributed by atoms with van der Waals surface area (Å²) in [7, 11) is -3.47. The molecular weight excluding hydrogens is 422 g/mol. The van der Waals surface area contributed by atoms with Gasteiger partial charge in [-0.25, -0.2) is 22.0 Å². The molecule has 0 unspecified atom stereocenters. The molecule has 162 valence electrons. The normalized spacial score (nSPS) is 24.6. The van der Waals surface area contributed by atoms with Crippen molar-refractivity contribution in [3.63, 3.8) is 0 Å². The van der Waals surface area contributed by atoms with Gasteiger partial charge in [0.25, 0.3) is 10.0 Å². The highest BCUT2D eigenvalue weighted by Crippen LogP contribution is 2.35. The Bertz CT molecular complexity index is 1070. The van der Waals surface area contributed by atoms with Gasteiger partial charge in [-0.05, 0) is 24.6 Å². The predicted molar refractivity (Wildman–Crippen MR) is 100 cm³/mol. The van der Waals surface area contributed by atoms with Crippen molar-refractivity contribution < 1.29 is 31.8 Å². The van der Waals surface area contributed by atoms with Crippen LogP contribution in [0.4, 0.5) is 13.6 Å². The molecule has 1 amide bonds. The van der Waals surface area contributed by atoms with Crippen molar-refractivity contribution in [3.8, 4) is 0 Å². The molecule has 0 saturated carbocycles. The Balaban J connectivity index is 1.51. The lowest BCUT2D eigenvalue weighted by atomic mass is 9.92. The average molecular weight is 442 g/mol. The van der Waals surface area contributed by atoms with Crippen LogP contribution in [0.3, 0.4) is 0 Å². The number of benzene rings is 1. The van der Waals surface area contributed by atoms with Gasteiger partial charge in [0.15, 0.2) is 0 Å². The van der Waals surface area contributed by atoms with E-state index in [1.165, 1.54) is 6.20 Å². The van der Waals surface area contributed by atoms with Gasteiger partial charge in [-0.2, -0.15) is 9.19 Å². The van der Waals surface area contributed by atoms with Crippen molar-refractivity contribution in [2.75, 3.05) is 12.9 Å². The van der Waals surface area contributed by atoms with Gasteiger partial charge in [-0.3, -0.25) is 4.90 Å². The number of rotatable bonds is 4. The second-order valence-corrected chi connectivity index (χ2v) is 9.35. The Morgan fingerprint density at radius 3 is 2.77 bits per heavy atom. The SMILES string of the molecule is CS(=O)(=O)n1cc2c(n1)CN([C@H]1CO[C@H](c3cc(F)ccc3F)[C@@H](NC(=O)O)C1)C2. The molecule has 1 fully saturated rings. The third-order valence-corrected chi connectivity index (χ3v) is 6.24. The number of aromatic nitrogens is 2. The first-order chi connectivity index (χ1) is 14.1. The molecular formula is C18H20F2N4O5S. The van der Waals surface area contributed by atoms with E-state index in [1.807, 2.05) is 4.90 Å². The van der Waals surface area contributed by atoms with Crippen LogP contribution in [0.1, 0.15) is 29.3 Å². The summed E-state index contributed by atoms with van der Waals surface area (Å²) < 4.78 is 57.9. The molecule has 2 aliphatic heterocycles. The zero-order valence-electron chi connectivity index (χ0n) is 16.0. The smallest absolute Gasteiger partial charge is 0.404 e. The minimum Gasteiger partial charge on any atom is -0.465 e. The van der Waals surface area contributed by atoms with E-state index in [0.717, 1.165) is 34.1 Å². The molecule has 0 aliphatic carbocycles. The van der Waals surface area contributed by atoms with Crippen LogP contribution >= 0.6 is 0 Å². The lowest BCUT2D eigenvalue weighted by molar-refractivity contribution is -0.0602. The van der Waals surface area contributed by atoms with E-state index < -0.39 is 39.9 Å². The predicted octanol–water partition coefficient (Wildman–Crippen LogP) is 1.45. The standard InChI is InChI=1S/C18H20F2N4O5S/c1-30(27,28)24-7-10-6-23(8-16(10)22-24)12-5-15(21-18(25)26)17(29-9-12)13-4-11(19)2-3-14(13)20/h2-4,7,12,15,17,21H,5-6,8-9H2,1H3,(H,25,26)/t12-,15+,17-/m1/s1. The van der Waals surface area contributed by atoms with Crippen molar-refractivity contribution in [1.82, 2.24) is 19.4 Å². The number of carboxylic acid groups (broad SMARTS) is 1. The summed E-state index contributed by atoms with van der Waals surface area (Å²) >= 11 is 0. The van der Waals surface area contributed by atoms with Gasteiger partial charge in [0.1, 0.15) is 17.7 Å². The molecule has 2 aliphatic rings. The van der Waals surface area contributed by atoms with Gasteiger partial charge in [0.05, 0.1) is 24.6 Å². The molecule has 3 heterocycles. The van der Waals surface area contributed by atoms with Crippen molar-refractivity contribution in [1.29, 1.82) is 0 Å². The van der Waals surface area contributed by atoms with Gasteiger partial charge >= 0.3 is 6.09 Å². The molecule has 9 nitrogen and oxygen atoms in total. The highest BCUT2D eigenvalue weighted by Gasteiger charge is 2.39. The van der Waals surface area contributed by atoms with Crippen LogP contribution in [0.2, 0.25) is 0 Å². The molecule has 4 rings (SSSR count). The number of nitrogens with zero attached hydrogens (tertiary/aromatic N) is 3. The van der Waals surface area contributed by atoms with Crippen molar-refractivity contribution in [2.45, 2.75) is 37.7 Å². The second kappa shape index (κ2) is 7.60. The van der Waals surface area contributed by atoms with E-state index in [9.17, 15) is 27.1 Å². The van der Waals surface area contributed by atoms with Crippen LogP contribution in [-0.4, -0.2) is 58.6 Å². The minimum absolute atomic E-state index is 0.0404. The van der Waals surface area contributed by atoms with Crippen LogP contribution in [0, 0.1) is 11.6 Å². The first kappa shape index (κ1) is 20.7. The maximum absolute atomic E-state index is 14.2. The van der Waals surface area contributed by atoms with Gasteiger partial charge in [0.2, 0.25) is 0 Å². The summed E-state index contributed by atoms with van der Waals surface area (Å²) in [5.41, 5.74) is 1.35. The Labute approximate surface area is 171 Å². The lowest BCUT2D eigenvalue weighted by Crippen LogP contribution is -2.51. The minimum atomic E-state index is -3.47. The molecule has 1 saturated heterocycles. The van der Waals surface area contributed by atoms with E-state index >= 15 is 0 Å². The van der Waals surface area contributed by atoms with E-state index in [-0.39, 0.29) is 18.2 Å². The van der Waals surface area contributed by atoms with E-state index in [0.29, 0.717) is 25.2 Å². The third-order valence-electron chi connectivity index (χ3n) is 5.37. The summed E-state index contributed by atoms with van der Waals surface area (Å²) in [6, 6.07) is 1.98. The number of halogens is 2. The van der Waals surface area contributed by atoms with Gasteiger partial charge < -0.3 is 15.2 Å². The van der Waals surface area contributed by atoms with Crippen molar-refractivity contribution in [3.05, 3.63) is 52.9 Å². The Morgan fingerprint density at radius 1 is 1.33 bits per heavy atom. The van der Waals surface area contributed by atoms with Crippen LogP contribution in [-0.2, 0) is 27.8 Å². The molecule has 1 aromatic heterocycles. The average Bonchev–Trinajstić information content (AvgIpc) is 3.22. The Kier molecular flexibility index (Phi) is 5.24. The highest BCUT2D eigenvalue weighted by molar-refractivity contribution is 7.89. The second-order valence-electron chi connectivity index (χ2n) is 7.51. The Hall–Kier alpha value is -2.57. The fourth-order valence-electron chi connectivity index (χ4n) is 3.98. The number of carbonyl (C=O) groups is 1. The number of nitrogens with one attached hydrogen (secondary N) is 1. The number of ether oxygens (including phenoxy) is 1. The summed E-state index contributed by atoms with van der Waals surface area (Å²) in [4.78, 5) is 13.3. The number of hydrogen-bond acceptors (Lipinski definition) is 6. The number of amides is 1. The lowest BCUT2D eigenvalue weighted by Gasteiger charge is -2.40. The fraction of sp³-hybridized carbons (Fsp3) is 0.444. The maximum Gasteiger partial charge on any atom is 0.404 e. The largest absolute Gasteiger partial charge is 0.465 e. The molecule has 0 radical (unpaired) electrons. The third kappa shape index (κ3) is 4.02. The molecule has 2 aromatic rings. The zero-order valence-corrected chi connectivity index (χ0v) is 16.8. The van der Waals surface area contributed by atoms with Crippen molar-refractivity contribution >= 4 is 16.1 Å². The summed E-state index contributed by atoms with van der Waals surface area (Å²) in [6.07, 6.45) is 0.582. The highest BCUT2D eigenvalue weighted by atomic mass is 32.2. The quantitative estimate of drug-likeness (QED) is 0.737. The molecule has 0 bridgehead atoms. The van der Waals surface area contributed by atoms with Gasteiger partial charge in [0, 0.05) is 36.5 Å². The fourth-order valence-corrected chi connectivity index (χ4v) is 4.55. The molecule has 3 atom stereocenters.